The summed E-state index contributed by atoms with van der Waals surface area (Å²) in [7, 11) is 0. The minimum atomic E-state index is -4.91. The van der Waals surface area contributed by atoms with Crippen LogP contribution in [0.4, 0.5) is 13.2 Å². The summed E-state index contributed by atoms with van der Waals surface area (Å²) in [6, 6.07) is 0.228. The fourth-order valence-electron chi connectivity index (χ4n) is 3.77. The van der Waals surface area contributed by atoms with E-state index in [1.54, 1.807) is 19.9 Å². The van der Waals surface area contributed by atoms with Crippen molar-refractivity contribution in [3.05, 3.63) is 20.8 Å². The Labute approximate surface area is 145 Å². The molecule has 24 heavy (non-hydrogen) atoms. The monoisotopic (exact) mass is 381 g/mol. The number of piperidine rings is 1. The zero-order valence-electron chi connectivity index (χ0n) is 12.9. The molecule has 0 bridgehead atoms. The molecule has 3 atom stereocenters. The first-order valence-corrected chi connectivity index (χ1v) is 8.61. The van der Waals surface area contributed by atoms with Crippen molar-refractivity contribution in [1.82, 2.24) is 4.90 Å². The van der Waals surface area contributed by atoms with Gasteiger partial charge in [-0.2, -0.15) is 13.2 Å². The molecule has 132 valence electrons. The van der Waals surface area contributed by atoms with Gasteiger partial charge in [0, 0.05) is 35.4 Å². The number of fused-ring (bicyclic) bond motifs is 2. The van der Waals surface area contributed by atoms with Crippen molar-refractivity contribution in [2.75, 3.05) is 6.61 Å². The van der Waals surface area contributed by atoms with E-state index in [1.165, 1.54) is 11.3 Å². The average Bonchev–Trinajstić information content (AvgIpc) is 2.85. The highest BCUT2D eigenvalue weighted by Crippen LogP contribution is 2.49. The quantitative estimate of drug-likeness (QED) is 0.687. The lowest BCUT2D eigenvalue weighted by molar-refractivity contribution is -0.198. The van der Waals surface area contributed by atoms with E-state index in [-0.39, 0.29) is 25.2 Å². The lowest BCUT2D eigenvalue weighted by Crippen LogP contribution is -2.59. The van der Waals surface area contributed by atoms with E-state index in [2.05, 4.69) is 0 Å². The van der Waals surface area contributed by atoms with E-state index in [9.17, 15) is 22.8 Å². The molecular weight excluding hydrogens is 367 g/mol. The van der Waals surface area contributed by atoms with Gasteiger partial charge in [0.15, 0.2) is 5.78 Å². The van der Waals surface area contributed by atoms with Gasteiger partial charge in [0.2, 0.25) is 0 Å². The summed E-state index contributed by atoms with van der Waals surface area (Å²) >= 11 is 7.24. The number of carbonyl (C=O) groups is 2. The molecule has 0 saturated carbocycles. The van der Waals surface area contributed by atoms with E-state index in [0.29, 0.717) is 14.8 Å². The molecule has 1 aromatic rings. The number of amides is 1. The number of hydrogen-bond donors (Lipinski definition) is 0. The van der Waals surface area contributed by atoms with Gasteiger partial charge in [-0.25, -0.2) is 0 Å². The topological polar surface area (TPSA) is 46.6 Å². The Morgan fingerprint density at radius 3 is 2.50 bits per heavy atom. The molecule has 0 unspecified atom stereocenters. The van der Waals surface area contributed by atoms with Gasteiger partial charge in [0.25, 0.3) is 0 Å². The number of halogens is 4. The van der Waals surface area contributed by atoms with Gasteiger partial charge in [0.1, 0.15) is 12.2 Å². The van der Waals surface area contributed by atoms with E-state index in [4.69, 9.17) is 16.3 Å². The van der Waals surface area contributed by atoms with Crippen LogP contribution in [0.3, 0.4) is 0 Å². The zero-order valence-corrected chi connectivity index (χ0v) is 14.5. The third-order valence-electron chi connectivity index (χ3n) is 4.57. The highest BCUT2D eigenvalue weighted by Gasteiger charge is 2.54. The molecule has 0 aromatic carbocycles. The fraction of sp³-hybridized carbons (Fsp3) is 0.600. The normalized spacial score (nSPS) is 30.6. The van der Waals surface area contributed by atoms with Crippen molar-refractivity contribution >= 4 is 34.6 Å². The van der Waals surface area contributed by atoms with Crippen molar-refractivity contribution in [2.45, 2.75) is 50.6 Å². The Balaban J connectivity index is 1.96. The molecule has 3 rings (SSSR count). The van der Waals surface area contributed by atoms with Crippen LogP contribution in [-0.2, 0) is 15.1 Å². The summed E-state index contributed by atoms with van der Waals surface area (Å²) < 4.78 is 44.7. The summed E-state index contributed by atoms with van der Waals surface area (Å²) in [6.07, 6.45) is -4.53. The molecule has 1 fully saturated rings. The second-order valence-electron chi connectivity index (χ2n) is 6.32. The lowest BCUT2D eigenvalue weighted by atomic mass is 9.79. The fourth-order valence-corrected chi connectivity index (χ4v) is 5.18. The number of carbonyl (C=O) groups excluding carboxylic acids is 2. The van der Waals surface area contributed by atoms with Crippen LogP contribution < -0.4 is 0 Å². The molecular formula is C15H15ClF3NO3S. The zero-order chi connectivity index (χ0) is 17.9. The Morgan fingerprint density at radius 1 is 1.38 bits per heavy atom. The first-order chi connectivity index (χ1) is 11.0. The number of Topliss-reactive ketones (excluding diaryl/α,β-unsaturated/α-hetero) is 1. The summed E-state index contributed by atoms with van der Waals surface area (Å²) in [4.78, 5) is 25.2. The number of nitrogens with zero attached hydrogens (tertiary/aromatic N) is 1. The maximum Gasteiger partial charge on any atom is 0.471 e. The van der Waals surface area contributed by atoms with Crippen molar-refractivity contribution in [3.63, 3.8) is 0 Å². The predicted octanol–water partition coefficient (Wildman–Crippen LogP) is 3.77. The second-order valence-corrected chi connectivity index (χ2v) is 8.00. The molecule has 0 aliphatic carbocycles. The molecule has 9 heteroatoms. The van der Waals surface area contributed by atoms with Gasteiger partial charge >= 0.3 is 12.1 Å². The smallest absolute Gasteiger partial charge is 0.361 e. The van der Waals surface area contributed by atoms with Crippen LogP contribution in [0.1, 0.15) is 41.9 Å². The maximum absolute atomic E-state index is 12.8. The standard InChI is InChI=1S/C15H15ClF3NO3S/c1-7-4-14(5-8(2)20(7)13(22)15(17,18)19)12-9(3-11(16)24-12)10(21)6-23-14/h3,7-8H,4-6H2,1-2H3/t7-,8+,14-. The third-order valence-corrected chi connectivity index (χ3v) is 6.02. The Kier molecular flexibility index (Phi) is 4.21. The molecule has 4 nitrogen and oxygen atoms in total. The van der Waals surface area contributed by atoms with Crippen LogP contribution in [0.25, 0.3) is 0 Å². The van der Waals surface area contributed by atoms with E-state index in [0.717, 1.165) is 4.90 Å². The highest BCUT2D eigenvalue weighted by molar-refractivity contribution is 7.16. The second kappa shape index (κ2) is 5.71. The van der Waals surface area contributed by atoms with Gasteiger partial charge in [-0.15, -0.1) is 11.3 Å². The average molecular weight is 382 g/mol. The van der Waals surface area contributed by atoms with Crippen LogP contribution in [0.15, 0.2) is 6.07 Å². The molecule has 3 heterocycles. The number of rotatable bonds is 0. The van der Waals surface area contributed by atoms with Crippen LogP contribution in [0.5, 0.6) is 0 Å². The Bertz CT molecular complexity index is 691. The van der Waals surface area contributed by atoms with Crippen LogP contribution in [-0.4, -0.2) is 41.5 Å². The predicted molar refractivity (Wildman–Crippen MR) is 82.3 cm³/mol. The lowest BCUT2D eigenvalue weighted by Gasteiger charge is -2.49. The molecule has 0 radical (unpaired) electrons. The molecule has 1 aromatic heterocycles. The van der Waals surface area contributed by atoms with Gasteiger partial charge in [-0.05, 0) is 19.9 Å². The molecule has 1 amide bonds. The number of ketones is 1. The van der Waals surface area contributed by atoms with Crippen LogP contribution in [0.2, 0.25) is 4.34 Å². The first-order valence-electron chi connectivity index (χ1n) is 7.41. The van der Waals surface area contributed by atoms with Crippen molar-refractivity contribution < 1.29 is 27.5 Å². The van der Waals surface area contributed by atoms with Gasteiger partial charge in [-0.3, -0.25) is 9.59 Å². The number of ether oxygens (including phenoxy) is 1. The van der Waals surface area contributed by atoms with Crippen molar-refractivity contribution in [1.29, 1.82) is 0 Å². The number of thiophene rings is 1. The highest BCUT2D eigenvalue weighted by atomic mass is 35.5. The van der Waals surface area contributed by atoms with Gasteiger partial charge in [0.05, 0.1) is 4.34 Å². The van der Waals surface area contributed by atoms with E-state index in [1.807, 2.05) is 0 Å². The summed E-state index contributed by atoms with van der Waals surface area (Å²) in [6.45, 7) is 3.00. The third kappa shape index (κ3) is 2.74. The van der Waals surface area contributed by atoms with Crippen molar-refractivity contribution in [3.8, 4) is 0 Å². The maximum atomic E-state index is 12.8. The van der Waals surface area contributed by atoms with E-state index >= 15 is 0 Å². The van der Waals surface area contributed by atoms with E-state index < -0.39 is 29.8 Å². The first kappa shape index (κ1) is 17.7. The largest absolute Gasteiger partial charge is 0.471 e. The summed E-state index contributed by atoms with van der Waals surface area (Å²) in [5, 5.41) is 0. The van der Waals surface area contributed by atoms with Crippen LogP contribution in [0, 0.1) is 0 Å². The number of likely N-dealkylation sites (tertiary alicyclic amines) is 1. The SMILES string of the molecule is C[C@@H]1C[C@]2(C[C@H](C)N1C(=O)C(F)(F)F)OCC(=O)c1cc(Cl)sc12. The summed E-state index contributed by atoms with van der Waals surface area (Å²) in [5.74, 6) is -2.03. The number of alkyl halides is 3. The molecule has 2 aliphatic heterocycles. The number of hydrogen-bond acceptors (Lipinski definition) is 4. The molecule has 0 N–H and O–H groups in total. The molecule has 2 aliphatic rings. The molecule has 1 saturated heterocycles. The minimum Gasteiger partial charge on any atom is -0.361 e. The van der Waals surface area contributed by atoms with Crippen LogP contribution >= 0.6 is 22.9 Å². The molecule has 1 spiro atoms. The Morgan fingerprint density at radius 2 is 1.96 bits per heavy atom. The van der Waals surface area contributed by atoms with Gasteiger partial charge in [-0.1, -0.05) is 11.6 Å². The van der Waals surface area contributed by atoms with Crippen molar-refractivity contribution in [2.24, 2.45) is 0 Å². The summed E-state index contributed by atoms with van der Waals surface area (Å²) in [5.41, 5.74) is -0.395. The van der Waals surface area contributed by atoms with Gasteiger partial charge < -0.3 is 9.64 Å². The minimum absolute atomic E-state index is 0.132. The Hall–Kier alpha value is -1.12.